The van der Waals surface area contributed by atoms with Crippen LogP contribution in [0.2, 0.25) is 18.1 Å². The van der Waals surface area contributed by atoms with Crippen molar-refractivity contribution in [2.45, 2.75) is 74.4 Å². The molecule has 9 nitrogen and oxygen atoms in total. The van der Waals surface area contributed by atoms with Gasteiger partial charge in [-0.3, -0.25) is 16.4 Å². The Kier molecular flexibility index (Phi) is 10.7. The Bertz CT molecular complexity index is 1600. The van der Waals surface area contributed by atoms with E-state index >= 15 is 8.78 Å². The number of nitrogens with two attached hydrogens (primary N) is 2. The van der Waals surface area contributed by atoms with Crippen molar-refractivity contribution in [2.75, 3.05) is 18.1 Å². The molecule has 4 atom stereocenters. The van der Waals surface area contributed by atoms with E-state index in [9.17, 15) is 4.79 Å². The summed E-state index contributed by atoms with van der Waals surface area (Å²) >= 11 is 2.14. The van der Waals surface area contributed by atoms with Crippen molar-refractivity contribution in [3.63, 3.8) is 0 Å². The maximum absolute atomic E-state index is 17.5. The van der Waals surface area contributed by atoms with Gasteiger partial charge in [-0.15, -0.1) is 0 Å². The lowest BCUT2D eigenvalue weighted by Gasteiger charge is -2.44. The molecule has 0 radical (unpaired) electrons. The lowest BCUT2D eigenvalue weighted by molar-refractivity contribution is -0.151. The van der Waals surface area contributed by atoms with E-state index in [-0.39, 0.29) is 16.1 Å². The zero-order chi connectivity index (χ0) is 35.8. The third-order valence-electron chi connectivity index (χ3n) is 9.78. The van der Waals surface area contributed by atoms with Crippen LogP contribution in [-0.4, -0.2) is 67.3 Å². The van der Waals surface area contributed by atoms with Crippen LogP contribution >= 0.6 is 22.6 Å². The standard InChI is InChI=1S/C36H45F2IN4O5Si/c1-33(2,3)49(5,6)46-23-34(22-39)30(29(38)31(48-34)43-21-28(37)36(40,41)42-32(43)44)47-35(24-13-9-7-10-14-24,25-15-11-8-12-16-25)26-17-19-27(45-4)20-18-26/h7-21,29-31H,22-23,40-41H2,1-6H3,(H,42,44)/t29-,30-,31+,34+/m0/s1. The maximum Gasteiger partial charge on any atom is 0.326 e. The molecular formula is C36H45F2IN4O5Si. The van der Waals surface area contributed by atoms with E-state index in [1.54, 1.807) is 7.11 Å². The molecule has 0 saturated carbocycles. The van der Waals surface area contributed by atoms with Crippen molar-refractivity contribution in [1.82, 2.24) is 10.2 Å². The number of benzene rings is 3. The highest BCUT2D eigenvalue weighted by molar-refractivity contribution is 14.1. The summed E-state index contributed by atoms with van der Waals surface area (Å²) in [5.74, 6) is -2.67. The van der Waals surface area contributed by atoms with Gasteiger partial charge in [0.2, 0.25) is 0 Å². The molecule has 0 unspecified atom stereocenters. The molecule has 0 bridgehead atoms. The fraction of sp³-hybridized carbons (Fsp3) is 0.417. The first-order valence-corrected chi connectivity index (χ1v) is 20.5. The van der Waals surface area contributed by atoms with Gasteiger partial charge in [-0.1, -0.05) is 116 Å². The van der Waals surface area contributed by atoms with Gasteiger partial charge in [0, 0.05) is 10.6 Å². The SMILES string of the molecule is COc1ccc(C(O[C@H]2[C@H](F)[C@H](N3C=C(F)C(N)(N)NC3=O)O[C@]2(CI)CO[Si](C)(C)C(C)(C)C)(c2ccccc2)c2ccccc2)cc1. The molecule has 0 aromatic heterocycles. The molecule has 2 aliphatic heterocycles. The zero-order valence-corrected chi connectivity index (χ0v) is 31.7. The number of nitrogens with one attached hydrogen (secondary N) is 1. The summed E-state index contributed by atoms with van der Waals surface area (Å²) in [5, 5.41) is 2.03. The lowest BCUT2D eigenvalue weighted by Crippen LogP contribution is -2.69. The molecule has 1 fully saturated rings. The molecule has 5 rings (SSSR count). The third kappa shape index (κ3) is 7.03. The number of halogens is 3. The summed E-state index contributed by atoms with van der Waals surface area (Å²) in [6.07, 6.45) is -4.14. The third-order valence-corrected chi connectivity index (χ3v) is 15.5. The van der Waals surface area contributed by atoms with Crippen LogP contribution < -0.4 is 21.5 Å². The van der Waals surface area contributed by atoms with Crippen LogP contribution in [0.1, 0.15) is 37.5 Å². The molecule has 1 saturated heterocycles. The molecule has 5 N–H and O–H groups in total. The number of hydrogen-bond acceptors (Lipinski definition) is 7. The molecule has 2 heterocycles. The number of nitrogens with zero attached hydrogens (tertiary/aromatic N) is 1. The van der Waals surface area contributed by atoms with Gasteiger partial charge in [0.05, 0.1) is 13.7 Å². The Balaban J connectivity index is 1.72. The molecule has 0 aliphatic carbocycles. The molecular weight excluding hydrogens is 761 g/mol. The van der Waals surface area contributed by atoms with Crippen molar-refractivity contribution in [3.05, 3.63) is 114 Å². The normalized spacial score (nSPS) is 24.4. The second-order valence-electron chi connectivity index (χ2n) is 14.1. The average molecular weight is 807 g/mol. The molecule has 49 heavy (non-hydrogen) atoms. The Hall–Kier alpha value is -2.92. The maximum atomic E-state index is 17.5. The molecule has 2 aliphatic rings. The first-order valence-electron chi connectivity index (χ1n) is 16.0. The van der Waals surface area contributed by atoms with Gasteiger partial charge in [0.1, 0.15) is 23.1 Å². The Morgan fingerprint density at radius 3 is 1.98 bits per heavy atom. The van der Waals surface area contributed by atoms with Crippen LogP contribution in [0.25, 0.3) is 0 Å². The van der Waals surface area contributed by atoms with E-state index in [1.165, 1.54) is 0 Å². The molecule has 3 aromatic rings. The van der Waals surface area contributed by atoms with E-state index in [0.717, 1.165) is 22.2 Å². The second kappa shape index (κ2) is 14.0. The number of amides is 2. The smallest absolute Gasteiger partial charge is 0.326 e. The van der Waals surface area contributed by atoms with Crippen LogP contribution in [0.15, 0.2) is 97.0 Å². The van der Waals surface area contributed by atoms with Crippen LogP contribution in [0.4, 0.5) is 13.6 Å². The summed E-state index contributed by atoms with van der Waals surface area (Å²) in [5.41, 5.74) is 10.8. The summed E-state index contributed by atoms with van der Waals surface area (Å²) in [6.45, 7) is 10.5. The fourth-order valence-electron chi connectivity index (χ4n) is 5.82. The highest BCUT2D eigenvalue weighted by Gasteiger charge is 2.62. The van der Waals surface area contributed by atoms with Crippen LogP contribution in [-0.2, 0) is 19.5 Å². The van der Waals surface area contributed by atoms with Crippen LogP contribution in [0, 0.1) is 0 Å². The summed E-state index contributed by atoms with van der Waals surface area (Å²) in [4.78, 5) is 14.1. The quantitative estimate of drug-likeness (QED) is 0.0651. The number of rotatable bonds is 11. The number of hydrogen-bond donors (Lipinski definition) is 3. The van der Waals surface area contributed by atoms with E-state index in [4.69, 9.17) is 30.1 Å². The van der Waals surface area contributed by atoms with E-state index in [1.807, 2.05) is 84.9 Å². The zero-order valence-electron chi connectivity index (χ0n) is 28.6. The van der Waals surface area contributed by atoms with Gasteiger partial charge in [0.25, 0.3) is 0 Å². The summed E-state index contributed by atoms with van der Waals surface area (Å²) in [7, 11) is -0.842. The first-order chi connectivity index (χ1) is 23.0. The van der Waals surface area contributed by atoms with Gasteiger partial charge < -0.3 is 24.0 Å². The molecule has 264 valence electrons. The monoisotopic (exact) mass is 806 g/mol. The predicted octanol–water partition coefficient (Wildman–Crippen LogP) is 6.67. The highest BCUT2D eigenvalue weighted by atomic mass is 127. The van der Waals surface area contributed by atoms with Gasteiger partial charge in [-0.25, -0.2) is 13.6 Å². The number of carbonyl (C=O) groups is 1. The number of carbonyl (C=O) groups excluding carboxylic acids is 1. The molecule has 13 heteroatoms. The van der Waals surface area contributed by atoms with Crippen molar-refractivity contribution in [3.8, 4) is 5.75 Å². The minimum absolute atomic E-state index is 0.0460. The Morgan fingerprint density at radius 2 is 1.49 bits per heavy atom. The van der Waals surface area contributed by atoms with E-state index in [0.29, 0.717) is 11.3 Å². The molecule has 3 aromatic carbocycles. The average Bonchev–Trinajstić information content (AvgIpc) is 3.35. The van der Waals surface area contributed by atoms with Crippen LogP contribution in [0.5, 0.6) is 5.75 Å². The highest BCUT2D eigenvalue weighted by Crippen LogP contribution is 2.49. The van der Waals surface area contributed by atoms with Crippen LogP contribution in [0.3, 0.4) is 0 Å². The van der Waals surface area contributed by atoms with Gasteiger partial charge in [-0.05, 0) is 47.0 Å². The first kappa shape index (κ1) is 37.3. The fourth-order valence-corrected chi connectivity index (χ4v) is 7.69. The number of urea groups is 1. The topological polar surface area (TPSA) is 121 Å². The summed E-state index contributed by atoms with van der Waals surface area (Å²) < 4.78 is 58.9. The molecule has 2 amide bonds. The van der Waals surface area contributed by atoms with E-state index in [2.05, 4.69) is 61.8 Å². The minimum Gasteiger partial charge on any atom is -0.497 e. The van der Waals surface area contributed by atoms with Crippen molar-refractivity contribution in [1.29, 1.82) is 0 Å². The number of alkyl halides is 2. The van der Waals surface area contributed by atoms with Gasteiger partial charge in [-0.2, -0.15) is 0 Å². The lowest BCUT2D eigenvalue weighted by atomic mass is 9.79. The summed E-state index contributed by atoms with van der Waals surface area (Å²) in [6, 6.07) is 25.6. The van der Waals surface area contributed by atoms with Crippen molar-refractivity contribution in [2.24, 2.45) is 11.5 Å². The largest absolute Gasteiger partial charge is 0.497 e. The van der Waals surface area contributed by atoms with Gasteiger partial charge in [0.15, 0.2) is 32.3 Å². The number of methoxy groups -OCH3 is 1. The molecule has 0 spiro atoms. The number of ether oxygens (including phenoxy) is 3. The van der Waals surface area contributed by atoms with Gasteiger partial charge >= 0.3 is 6.03 Å². The Labute approximate surface area is 301 Å². The van der Waals surface area contributed by atoms with E-state index < -0.39 is 55.7 Å². The predicted molar refractivity (Wildman–Crippen MR) is 196 cm³/mol. The van der Waals surface area contributed by atoms with Crippen molar-refractivity contribution >= 4 is 36.9 Å². The minimum atomic E-state index is -2.43. The second-order valence-corrected chi connectivity index (χ2v) is 19.6. The van der Waals surface area contributed by atoms with Crippen molar-refractivity contribution < 1.29 is 32.2 Å². The Morgan fingerprint density at radius 1 is 0.959 bits per heavy atom.